The number of aromatic amines is 1. The summed E-state index contributed by atoms with van der Waals surface area (Å²) < 4.78 is 0. The van der Waals surface area contributed by atoms with Gasteiger partial charge >= 0.3 is 0 Å². The Morgan fingerprint density at radius 3 is 2.64 bits per heavy atom. The first-order valence-corrected chi connectivity index (χ1v) is 4.06. The van der Waals surface area contributed by atoms with Crippen molar-refractivity contribution in [3.63, 3.8) is 0 Å². The Hall–Kier alpha value is -1.91. The Balaban J connectivity index is 2.65. The molecule has 0 aliphatic rings. The SMILES string of the molecule is CC(=O)CNC(=O)c1ccc(=O)[nH]c1. The molecule has 1 aromatic rings. The number of nitrogens with one attached hydrogen (secondary N) is 2. The zero-order valence-electron chi connectivity index (χ0n) is 7.66. The number of pyridine rings is 1. The average molecular weight is 194 g/mol. The van der Waals surface area contributed by atoms with Crippen molar-refractivity contribution >= 4 is 11.7 Å². The van der Waals surface area contributed by atoms with E-state index in [0.29, 0.717) is 5.56 Å². The first-order valence-electron chi connectivity index (χ1n) is 4.06. The average Bonchev–Trinajstić information content (AvgIpc) is 2.15. The van der Waals surface area contributed by atoms with Gasteiger partial charge in [-0.25, -0.2) is 0 Å². The molecule has 0 spiro atoms. The monoisotopic (exact) mass is 194 g/mol. The molecule has 1 amide bonds. The lowest BCUT2D eigenvalue weighted by Gasteiger charge is -2.01. The van der Waals surface area contributed by atoms with Gasteiger partial charge in [-0.1, -0.05) is 0 Å². The van der Waals surface area contributed by atoms with Crippen molar-refractivity contribution in [3.05, 3.63) is 34.2 Å². The van der Waals surface area contributed by atoms with E-state index in [-0.39, 0.29) is 23.8 Å². The molecule has 0 saturated heterocycles. The second-order valence-electron chi connectivity index (χ2n) is 2.83. The first kappa shape index (κ1) is 10.2. The van der Waals surface area contributed by atoms with Crippen LogP contribution in [0, 0.1) is 0 Å². The summed E-state index contributed by atoms with van der Waals surface area (Å²) in [4.78, 5) is 34.9. The quantitative estimate of drug-likeness (QED) is 0.693. The summed E-state index contributed by atoms with van der Waals surface area (Å²) in [6, 6.07) is 2.65. The molecule has 1 aromatic heterocycles. The number of ketones is 1. The van der Waals surface area contributed by atoms with Gasteiger partial charge in [-0.15, -0.1) is 0 Å². The number of carbonyl (C=O) groups is 2. The molecule has 5 nitrogen and oxygen atoms in total. The minimum Gasteiger partial charge on any atom is -0.345 e. The van der Waals surface area contributed by atoms with Crippen molar-refractivity contribution in [2.24, 2.45) is 0 Å². The topological polar surface area (TPSA) is 79.0 Å². The second kappa shape index (κ2) is 4.36. The normalized spacial score (nSPS) is 9.50. The fourth-order valence-electron chi connectivity index (χ4n) is 0.859. The molecule has 14 heavy (non-hydrogen) atoms. The lowest BCUT2D eigenvalue weighted by molar-refractivity contribution is -0.116. The minimum absolute atomic E-state index is 0.00202. The maximum Gasteiger partial charge on any atom is 0.253 e. The summed E-state index contributed by atoms with van der Waals surface area (Å²) in [6.45, 7) is 1.38. The van der Waals surface area contributed by atoms with E-state index in [1.54, 1.807) is 0 Å². The lowest BCUT2D eigenvalue weighted by Crippen LogP contribution is -2.28. The van der Waals surface area contributed by atoms with Crippen LogP contribution < -0.4 is 10.9 Å². The summed E-state index contributed by atoms with van der Waals surface area (Å²) >= 11 is 0. The van der Waals surface area contributed by atoms with Crippen LogP contribution in [0.15, 0.2) is 23.1 Å². The predicted molar refractivity (Wildman–Crippen MR) is 50.1 cm³/mol. The van der Waals surface area contributed by atoms with Crippen LogP contribution in [0.25, 0.3) is 0 Å². The van der Waals surface area contributed by atoms with Crippen molar-refractivity contribution in [2.75, 3.05) is 6.54 Å². The molecule has 0 radical (unpaired) electrons. The highest BCUT2D eigenvalue weighted by molar-refractivity contribution is 5.96. The summed E-state index contributed by atoms with van der Waals surface area (Å²) in [5.41, 5.74) is 0.0546. The summed E-state index contributed by atoms with van der Waals surface area (Å²) in [5.74, 6) is -0.501. The molecule has 0 atom stereocenters. The number of hydrogen-bond acceptors (Lipinski definition) is 3. The Morgan fingerprint density at radius 1 is 1.43 bits per heavy atom. The molecule has 0 aliphatic carbocycles. The maximum atomic E-state index is 11.3. The van der Waals surface area contributed by atoms with Crippen LogP contribution in [0.1, 0.15) is 17.3 Å². The number of carbonyl (C=O) groups excluding carboxylic acids is 2. The highest BCUT2D eigenvalue weighted by Crippen LogP contribution is 1.91. The van der Waals surface area contributed by atoms with E-state index < -0.39 is 0 Å². The molecule has 2 N–H and O–H groups in total. The molecular formula is C9H10N2O3. The largest absolute Gasteiger partial charge is 0.345 e. The highest BCUT2D eigenvalue weighted by atomic mass is 16.2. The van der Waals surface area contributed by atoms with Crippen molar-refractivity contribution in [1.82, 2.24) is 10.3 Å². The zero-order valence-corrected chi connectivity index (χ0v) is 7.66. The lowest BCUT2D eigenvalue weighted by atomic mass is 10.2. The van der Waals surface area contributed by atoms with Gasteiger partial charge in [0, 0.05) is 12.3 Å². The Bertz CT molecular complexity index is 388. The van der Waals surface area contributed by atoms with E-state index >= 15 is 0 Å². The van der Waals surface area contributed by atoms with Crippen LogP contribution in [0.3, 0.4) is 0 Å². The standard InChI is InChI=1S/C9H10N2O3/c1-6(12)4-11-9(14)7-2-3-8(13)10-5-7/h2-3,5H,4H2,1H3,(H,10,13)(H,11,14). The third-order valence-electron chi connectivity index (χ3n) is 1.54. The van der Waals surface area contributed by atoms with Gasteiger partial charge in [0.1, 0.15) is 5.78 Å². The van der Waals surface area contributed by atoms with E-state index in [2.05, 4.69) is 10.3 Å². The van der Waals surface area contributed by atoms with Gasteiger partial charge in [0.25, 0.3) is 5.91 Å². The molecule has 0 bridgehead atoms. The molecule has 0 aromatic carbocycles. The minimum atomic E-state index is -0.378. The van der Waals surface area contributed by atoms with Gasteiger partial charge in [0.15, 0.2) is 0 Å². The second-order valence-corrected chi connectivity index (χ2v) is 2.83. The third kappa shape index (κ3) is 2.85. The summed E-state index contributed by atoms with van der Waals surface area (Å²) in [5, 5.41) is 2.41. The van der Waals surface area contributed by atoms with Gasteiger partial charge in [-0.2, -0.15) is 0 Å². The number of rotatable bonds is 3. The summed E-state index contributed by atoms with van der Waals surface area (Å²) in [7, 11) is 0. The molecule has 1 heterocycles. The Labute approximate surface area is 80.1 Å². The Kier molecular flexibility index (Phi) is 3.17. The maximum absolute atomic E-state index is 11.3. The number of hydrogen-bond donors (Lipinski definition) is 2. The molecule has 0 fully saturated rings. The van der Waals surface area contributed by atoms with E-state index in [0.717, 1.165) is 0 Å². The van der Waals surface area contributed by atoms with E-state index in [1.807, 2.05) is 0 Å². The number of amides is 1. The zero-order chi connectivity index (χ0) is 10.6. The van der Waals surface area contributed by atoms with Gasteiger partial charge in [0.05, 0.1) is 12.1 Å². The van der Waals surface area contributed by atoms with Crippen LogP contribution in [0.5, 0.6) is 0 Å². The van der Waals surface area contributed by atoms with Crippen LogP contribution in [0.2, 0.25) is 0 Å². The molecule has 74 valence electrons. The molecule has 0 aliphatic heterocycles. The van der Waals surface area contributed by atoms with Crippen LogP contribution in [0.4, 0.5) is 0 Å². The Morgan fingerprint density at radius 2 is 2.14 bits per heavy atom. The van der Waals surface area contributed by atoms with Gasteiger partial charge in [-0.05, 0) is 13.0 Å². The molecule has 1 rings (SSSR count). The van der Waals surface area contributed by atoms with Crippen LogP contribution in [-0.2, 0) is 4.79 Å². The first-order chi connectivity index (χ1) is 6.59. The fraction of sp³-hybridized carbons (Fsp3) is 0.222. The molecule has 0 saturated carbocycles. The highest BCUT2D eigenvalue weighted by Gasteiger charge is 2.04. The van der Waals surface area contributed by atoms with Gasteiger partial charge in [0.2, 0.25) is 5.56 Å². The van der Waals surface area contributed by atoms with Crippen LogP contribution >= 0.6 is 0 Å². The van der Waals surface area contributed by atoms with Crippen molar-refractivity contribution in [3.8, 4) is 0 Å². The smallest absolute Gasteiger partial charge is 0.253 e. The van der Waals surface area contributed by atoms with Crippen LogP contribution in [-0.4, -0.2) is 23.2 Å². The molecule has 5 heteroatoms. The third-order valence-corrected chi connectivity index (χ3v) is 1.54. The van der Waals surface area contributed by atoms with Crippen molar-refractivity contribution < 1.29 is 9.59 Å². The van der Waals surface area contributed by atoms with E-state index in [4.69, 9.17) is 0 Å². The molecular weight excluding hydrogens is 184 g/mol. The van der Waals surface area contributed by atoms with Gasteiger partial charge < -0.3 is 10.3 Å². The molecule has 0 unspecified atom stereocenters. The predicted octanol–water partition coefficient (Wildman–Crippen LogP) is -0.306. The van der Waals surface area contributed by atoms with Gasteiger partial charge in [-0.3, -0.25) is 14.4 Å². The van der Waals surface area contributed by atoms with Crippen molar-refractivity contribution in [1.29, 1.82) is 0 Å². The van der Waals surface area contributed by atoms with E-state index in [1.165, 1.54) is 25.3 Å². The van der Waals surface area contributed by atoms with E-state index in [9.17, 15) is 14.4 Å². The summed E-state index contributed by atoms with van der Waals surface area (Å²) in [6.07, 6.45) is 1.30. The fourth-order valence-corrected chi connectivity index (χ4v) is 0.859. The number of aromatic nitrogens is 1. The number of H-pyrrole nitrogens is 1. The number of Topliss-reactive ketones (excluding diaryl/α,β-unsaturated/α-hetero) is 1. The van der Waals surface area contributed by atoms with Crippen molar-refractivity contribution in [2.45, 2.75) is 6.92 Å².